The SMILES string of the molecule is CCC(CC)(CCl)NC(=O)c1ccc(C)cc1F. The number of halogens is 2. The topological polar surface area (TPSA) is 29.1 Å². The van der Waals surface area contributed by atoms with Crippen LogP contribution in [-0.4, -0.2) is 17.3 Å². The summed E-state index contributed by atoms with van der Waals surface area (Å²) in [5.74, 6) is -0.584. The standard InChI is InChI=1S/C14H19ClFNO/c1-4-14(5-2,9-15)17-13(18)11-7-6-10(3)8-12(11)16/h6-8H,4-5,9H2,1-3H3,(H,17,18). The molecule has 1 rings (SSSR count). The van der Waals surface area contributed by atoms with Crippen LogP contribution < -0.4 is 5.32 Å². The summed E-state index contributed by atoms with van der Waals surface area (Å²) in [6.07, 6.45) is 1.43. The van der Waals surface area contributed by atoms with Crippen molar-refractivity contribution in [2.45, 2.75) is 39.2 Å². The summed E-state index contributed by atoms with van der Waals surface area (Å²) < 4.78 is 13.7. The molecule has 100 valence electrons. The number of carbonyl (C=O) groups is 1. The Morgan fingerprint density at radius 2 is 2.00 bits per heavy atom. The van der Waals surface area contributed by atoms with Crippen LogP contribution in [0.2, 0.25) is 0 Å². The Bertz CT molecular complexity index is 422. The van der Waals surface area contributed by atoms with Crippen molar-refractivity contribution in [2.24, 2.45) is 0 Å². The lowest BCUT2D eigenvalue weighted by Gasteiger charge is -2.30. The highest BCUT2D eigenvalue weighted by Crippen LogP contribution is 2.19. The number of carbonyl (C=O) groups excluding carboxylic acids is 1. The van der Waals surface area contributed by atoms with Crippen molar-refractivity contribution in [3.63, 3.8) is 0 Å². The number of benzene rings is 1. The lowest BCUT2D eigenvalue weighted by Crippen LogP contribution is -2.49. The minimum atomic E-state index is -0.497. The molecule has 18 heavy (non-hydrogen) atoms. The molecule has 2 nitrogen and oxygen atoms in total. The highest BCUT2D eigenvalue weighted by Gasteiger charge is 2.28. The minimum absolute atomic E-state index is 0.0667. The van der Waals surface area contributed by atoms with E-state index in [1.165, 1.54) is 12.1 Å². The molecule has 1 N–H and O–H groups in total. The summed E-state index contributed by atoms with van der Waals surface area (Å²) in [5.41, 5.74) is 0.395. The molecule has 0 fully saturated rings. The number of rotatable bonds is 5. The smallest absolute Gasteiger partial charge is 0.254 e. The fourth-order valence-corrected chi connectivity index (χ4v) is 2.21. The Balaban J connectivity index is 2.94. The molecule has 0 atom stereocenters. The first-order valence-electron chi connectivity index (χ1n) is 6.12. The molecule has 0 radical (unpaired) electrons. The molecule has 0 saturated heterocycles. The van der Waals surface area contributed by atoms with Crippen molar-refractivity contribution in [1.82, 2.24) is 5.32 Å². The molecule has 0 heterocycles. The minimum Gasteiger partial charge on any atom is -0.345 e. The van der Waals surface area contributed by atoms with Crippen LogP contribution in [-0.2, 0) is 0 Å². The van der Waals surface area contributed by atoms with Crippen LogP contribution in [0.1, 0.15) is 42.6 Å². The van der Waals surface area contributed by atoms with Crippen molar-refractivity contribution in [3.8, 4) is 0 Å². The second-order valence-corrected chi connectivity index (χ2v) is 4.83. The Hall–Kier alpha value is -1.09. The van der Waals surface area contributed by atoms with Gasteiger partial charge in [0.05, 0.1) is 11.1 Å². The Labute approximate surface area is 113 Å². The van der Waals surface area contributed by atoms with Crippen LogP contribution in [0.15, 0.2) is 18.2 Å². The monoisotopic (exact) mass is 271 g/mol. The summed E-state index contributed by atoms with van der Waals surface area (Å²) in [7, 11) is 0. The maximum Gasteiger partial charge on any atom is 0.254 e. The number of alkyl halides is 1. The maximum absolute atomic E-state index is 13.7. The zero-order valence-corrected chi connectivity index (χ0v) is 11.8. The van der Waals surface area contributed by atoms with Gasteiger partial charge in [0.25, 0.3) is 5.91 Å². The van der Waals surface area contributed by atoms with E-state index in [2.05, 4.69) is 5.32 Å². The molecule has 4 heteroatoms. The molecule has 0 aliphatic carbocycles. The van der Waals surface area contributed by atoms with E-state index < -0.39 is 17.3 Å². The number of nitrogens with one attached hydrogen (secondary N) is 1. The fourth-order valence-electron chi connectivity index (χ4n) is 1.76. The zero-order chi connectivity index (χ0) is 13.8. The van der Waals surface area contributed by atoms with Gasteiger partial charge < -0.3 is 5.32 Å². The van der Waals surface area contributed by atoms with Crippen LogP contribution >= 0.6 is 11.6 Å². The molecule has 0 aliphatic rings. The van der Waals surface area contributed by atoms with Crippen LogP contribution in [0, 0.1) is 12.7 Å². The number of amides is 1. The van der Waals surface area contributed by atoms with Crippen molar-refractivity contribution >= 4 is 17.5 Å². The van der Waals surface area contributed by atoms with Gasteiger partial charge >= 0.3 is 0 Å². The van der Waals surface area contributed by atoms with Crippen LogP contribution in [0.3, 0.4) is 0 Å². The first kappa shape index (κ1) is 15.0. The third-order valence-corrected chi connectivity index (χ3v) is 3.87. The maximum atomic E-state index is 13.7. The molecule has 0 aliphatic heterocycles. The molecule has 0 spiro atoms. The largest absolute Gasteiger partial charge is 0.345 e. The van der Waals surface area contributed by atoms with E-state index in [9.17, 15) is 9.18 Å². The lowest BCUT2D eigenvalue weighted by molar-refractivity contribution is 0.0898. The van der Waals surface area contributed by atoms with Crippen molar-refractivity contribution < 1.29 is 9.18 Å². The van der Waals surface area contributed by atoms with E-state index >= 15 is 0 Å². The number of aryl methyl sites for hydroxylation is 1. The first-order chi connectivity index (χ1) is 8.48. The summed E-state index contributed by atoms with van der Waals surface area (Å²) in [6, 6.07) is 4.58. The number of hydrogen-bond donors (Lipinski definition) is 1. The molecule has 0 aromatic heterocycles. The molecule has 0 unspecified atom stereocenters. The molecule has 0 saturated carbocycles. The van der Waals surface area contributed by atoms with Crippen molar-refractivity contribution in [1.29, 1.82) is 0 Å². The van der Waals surface area contributed by atoms with Gasteiger partial charge in [-0.1, -0.05) is 19.9 Å². The average molecular weight is 272 g/mol. The normalized spacial score (nSPS) is 11.4. The predicted molar refractivity (Wildman–Crippen MR) is 72.6 cm³/mol. The molecule has 1 aromatic rings. The van der Waals surface area contributed by atoms with Gasteiger partial charge in [-0.3, -0.25) is 4.79 Å². The Morgan fingerprint density at radius 1 is 1.39 bits per heavy atom. The quantitative estimate of drug-likeness (QED) is 0.814. The molecular weight excluding hydrogens is 253 g/mol. The number of hydrogen-bond acceptors (Lipinski definition) is 1. The fraction of sp³-hybridized carbons (Fsp3) is 0.500. The van der Waals surface area contributed by atoms with Gasteiger partial charge in [0.2, 0.25) is 0 Å². The van der Waals surface area contributed by atoms with Gasteiger partial charge in [-0.2, -0.15) is 0 Å². The first-order valence-corrected chi connectivity index (χ1v) is 6.66. The lowest BCUT2D eigenvalue weighted by atomic mass is 9.94. The van der Waals surface area contributed by atoms with E-state index in [1.54, 1.807) is 13.0 Å². The van der Waals surface area contributed by atoms with E-state index in [-0.39, 0.29) is 5.56 Å². The van der Waals surface area contributed by atoms with Gasteiger partial charge in [-0.05, 0) is 37.5 Å². The second-order valence-electron chi connectivity index (χ2n) is 4.56. The molecule has 1 amide bonds. The van der Waals surface area contributed by atoms with E-state index in [1.807, 2.05) is 13.8 Å². The van der Waals surface area contributed by atoms with Gasteiger partial charge in [0, 0.05) is 5.88 Å². The van der Waals surface area contributed by atoms with Crippen LogP contribution in [0.4, 0.5) is 4.39 Å². The van der Waals surface area contributed by atoms with Crippen LogP contribution in [0.25, 0.3) is 0 Å². The predicted octanol–water partition coefficient (Wildman–Crippen LogP) is 3.66. The summed E-state index contributed by atoms with van der Waals surface area (Å²) in [5, 5.41) is 2.85. The molecule has 0 bridgehead atoms. The molecular formula is C14H19ClFNO. The van der Waals surface area contributed by atoms with Gasteiger partial charge in [-0.25, -0.2) is 4.39 Å². The summed E-state index contributed by atoms with van der Waals surface area (Å²) in [4.78, 5) is 12.1. The van der Waals surface area contributed by atoms with E-state index in [0.717, 1.165) is 5.56 Å². The van der Waals surface area contributed by atoms with E-state index in [4.69, 9.17) is 11.6 Å². The third kappa shape index (κ3) is 3.22. The van der Waals surface area contributed by atoms with Crippen LogP contribution in [0.5, 0.6) is 0 Å². The van der Waals surface area contributed by atoms with Crippen molar-refractivity contribution in [3.05, 3.63) is 35.1 Å². The summed E-state index contributed by atoms with van der Waals surface area (Å²) in [6.45, 7) is 5.70. The average Bonchev–Trinajstić information content (AvgIpc) is 2.36. The highest BCUT2D eigenvalue weighted by atomic mass is 35.5. The second kappa shape index (κ2) is 6.19. The van der Waals surface area contributed by atoms with E-state index in [0.29, 0.717) is 18.7 Å². The summed E-state index contributed by atoms with van der Waals surface area (Å²) >= 11 is 5.91. The zero-order valence-electron chi connectivity index (χ0n) is 11.0. The van der Waals surface area contributed by atoms with Crippen molar-refractivity contribution in [2.75, 3.05) is 5.88 Å². The van der Waals surface area contributed by atoms with Gasteiger partial charge in [-0.15, -0.1) is 11.6 Å². The van der Waals surface area contributed by atoms with Gasteiger partial charge in [0.15, 0.2) is 0 Å². The Kier molecular flexibility index (Phi) is 5.15. The molecule has 1 aromatic carbocycles. The third-order valence-electron chi connectivity index (χ3n) is 3.36. The highest BCUT2D eigenvalue weighted by molar-refractivity contribution is 6.19. The Morgan fingerprint density at radius 3 is 2.44 bits per heavy atom. The van der Waals surface area contributed by atoms with Gasteiger partial charge in [0.1, 0.15) is 5.82 Å².